The van der Waals surface area contributed by atoms with Gasteiger partial charge in [0.1, 0.15) is 0 Å². The number of thioether (sulfide) groups is 1. The van der Waals surface area contributed by atoms with Crippen LogP contribution in [0.4, 0.5) is 0 Å². The van der Waals surface area contributed by atoms with Crippen molar-refractivity contribution in [3.63, 3.8) is 0 Å². The first-order valence-electron chi connectivity index (χ1n) is 8.72. The molecule has 3 aliphatic carbocycles. The standard InChI is InChI=1S/C17H30N2O2S/c1-19(21-2)17(20)15(7-8-22-3)18-16-10-11-9-14(16)13-6-4-5-12(11)13/h11-16,18H,4-10H2,1-3H3/t11-,12-,13+,14+,15+,16-/m1/s1. The summed E-state index contributed by atoms with van der Waals surface area (Å²) in [6, 6.07) is 0.451. The average Bonchev–Trinajstić information content (AvgIpc) is 3.21. The summed E-state index contributed by atoms with van der Waals surface area (Å²) < 4.78 is 0. The fourth-order valence-corrected chi connectivity index (χ4v) is 5.81. The van der Waals surface area contributed by atoms with Crippen molar-refractivity contribution in [3.05, 3.63) is 0 Å². The number of likely N-dealkylation sites (N-methyl/N-ethyl adjacent to an activating group) is 1. The molecule has 3 fully saturated rings. The van der Waals surface area contributed by atoms with Gasteiger partial charge in [-0.2, -0.15) is 11.8 Å². The molecule has 4 nitrogen and oxygen atoms in total. The topological polar surface area (TPSA) is 41.6 Å². The molecule has 0 aliphatic heterocycles. The largest absolute Gasteiger partial charge is 0.303 e. The highest BCUT2D eigenvalue weighted by Gasteiger charge is 2.54. The molecule has 3 saturated carbocycles. The van der Waals surface area contributed by atoms with Crippen molar-refractivity contribution in [3.8, 4) is 0 Å². The van der Waals surface area contributed by atoms with E-state index in [4.69, 9.17) is 4.84 Å². The van der Waals surface area contributed by atoms with E-state index >= 15 is 0 Å². The van der Waals surface area contributed by atoms with E-state index in [0.717, 1.165) is 35.8 Å². The molecule has 0 saturated heterocycles. The number of carbonyl (C=O) groups excluding carboxylic acids is 1. The lowest BCUT2D eigenvalue weighted by Crippen LogP contribution is -2.51. The third-order valence-electron chi connectivity index (χ3n) is 6.34. The predicted octanol–water partition coefficient (Wildman–Crippen LogP) is 2.54. The van der Waals surface area contributed by atoms with Gasteiger partial charge in [-0.3, -0.25) is 9.63 Å². The molecule has 1 N–H and O–H groups in total. The van der Waals surface area contributed by atoms with Gasteiger partial charge in [-0.25, -0.2) is 5.06 Å². The van der Waals surface area contributed by atoms with Crippen LogP contribution in [0.1, 0.15) is 38.5 Å². The van der Waals surface area contributed by atoms with Gasteiger partial charge >= 0.3 is 0 Å². The van der Waals surface area contributed by atoms with E-state index in [-0.39, 0.29) is 11.9 Å². The van der Waals surface area contributed by atoms with E-state index in [2.05, 4.69) is 11.6 Å². The van der Waals surface area contributed by atoms with Gasteiger partial charge in [-0.15, -0.1) is 0 Å². The molecule has 0 unspecified atom stereocenters. The highest BCUT2D eigenvalue weighted by atomic mass is 32.2. The van der Waals surface area contributed by atoms with Gasteiger partial charge in [0.05, 0.1) is 13.2 Å². The molecule has 0 heterocycles. The lowest BCUT2D eigenvalue weighted by molar-refractivity contribution is -0.171. The summed E-state index contributed by atoms with van der Waals surface area (Å²) in [7, 11) is 3.27. The fourth-order valence-electron chi connectivity index (χ4n) is 5.34. The minimum Gasteiger partial charge on any atom is -0.303 e. The number of hydrogen-bond donors (Lipinski definition) is 1. The van der Waals surface area contributed by atoms with Crippen molar-refractivity contribution < 1.29 is 9.63 Å². The maximum atomic E-state index is 12.5. The molecule has 0 spiro atoms. The van der Waals surface area contributed by atoms with Crippen LogP contribution in [0.5, 0.6) is 0 Å². The highest BCUT2D eigenvalue weighted by Crippen LogP contribution is 2.58. The van der Waals surface area contributed by atoms with Gasteiger partial charge in [0.25, 0.3) is 5.91 Å². The first-order valence-corrected chi connectivity index (χ1v) is 10.1. The summed E-state index contributed by atoms with van der Waals surface area (Å²) in [6.07, 6.45) is 9.97. The molecule has 3 rings (SSSR count). The summed E-state index contributed by atoms with van der Waals surface area (Å²) >= 11 is 1.80. The van der Waals surface area contributed by atoms with Crippen LogP contribution >= 0.6 is 11.8 Å². The van der Waals surface area contributed by atoms with Crippen LogP contribution in [0.15, 0.2) is 0 Å². The number of hydrogen-bond acceptors (Lipinski definition) is 4. The molecule has 2 bridgehead atoms. The Labute approximate surface area is 138 Å². The predicted molar refractivity (Wildman–Crippen MR) is 90.5 cm³/mol. The normalized spacial score (nSPS) is 37.3. The van der Waals surface area contributed by atoms with E-state index < -0.39 is 0 Å². The van der Waals surface area contributed by atoms with Gasteiger partial charge in [0.15, 0.2) is 0 Å². The molecule has 0 aromatic heterocycles. The van der Waals surface area contributed by atoms with Crippen molar-refractivity contribution >= 4 is 17.7 Å². The van der Waals surface area contributed by atoms with Crippen LogP contribution in [0.25, 0.3) is 0 Å². The molecule has 126 valence electrons. The van der Waals surface area contributed by atoms with Crippen LogP contribution < -0.4 is 5.32 Å². The number of nitrogens with one attached hydrogen (secondary N) is 1. The Balaban J connectivity index is 1.62. The summed E-state index contributed by atoms with van der Waals surface area (Å²) in [6.45, 7) is 0. The number of fused-ring (bicyclic) bond motifs is 5. The van der Waals surface area contributed by atoms with Gasteiger partial charge in [0.2, 0.25) is 0 Å². The van der Waals surface area contributed by atoms with Crippen LogP contribution in [0, 0.1) is 23.7 Å². The summed E-state index contributed by atoms with van der Waals surface area (Å²) in [5.74, 6) is 4.76. The van der Waals surface area contributed by atoms with Gasteiger partial charge < -0.3 is 5.32 Å². The zero-order valence-corrected chi connectivity index (χ0v) is 14.9. The Morgan fingerprint density at radius 1 is 1.32 bits per heavy atom. The zero-order chi connectivity index (χ0) is 15.7. The molecule has 0 aromatic rings. The van der Waals surface area contributed by atoms with Crippen molar-refractivity contribution in [2.24, 2.45) is 23.7 Å². The summed E-state index contributed by atoms with van der Waals surface area (Å²) in [4.78, 5) is 17.6. The third kappa shape index (κ3) is 3.04. The van der Waals surface area contributed by atoms with Crippen LogP contribution in [-0.4, -0.2) is 49.2 Å². The van der Waals surface area contributed by atoms with E-state index in [1.165, 1.54) is 37.2 Å². The SMILES string of the molecule is CON(C)C(=O)[C@H](CCSC)N[C@@H]1C[C@H]2C[C@H]1[C@H]1CCC[C@H]21. The van der Waals surface area contributed by atoms with Crippen molar-refractivity contribution in [1.82, 2.24) is 10.4 Å². The maximum Gasteiger partial charge on any atom is 0.262 e. The summed E-state index contributed by atoms with van der Waals surface area (Å²) in [5, 5.41) is 5.10. The quantitative estimate of drug-likeness (QED) is 0.730. The second-order valence-electron chi connectivity index (χ2n) is 7.28. The van der Waals surface area contributed by atoms with Crippen molar-refractivity contribution in [2.45, 2.75) is 50.6 Å². The molecule has 1 amide bonds. The fraction of sp³-hybridized carbons (Fsp3) is 0.941. The van der Waals surface area contributed by atoms with Gasteiger partial charge in [0, 0.05) is 13.1 Å². The Hall–Kier alpha value is -0.260. The van der Waals surface area contributed by atoms with E-state index in [1.54, 1.807) is 25.9 Å². The monoisotopic (exact) mass is 326 g/mol. The molecular formula is C17H30N2O2S. The zero-order valence-electron chi connectivity index (χ0n) is 14.1. The number of rotatable bonds is 7. The second kappa shape index (κ2) is 7.10. The number of carbonyl (C=O) groups is 1. The van der Waals surface area contributed by atoms with E-state index in [0.29, 0.717) is 6.04 Å². The Morgan fingerprint density at radius 2 is 2.09 bits per heavy atom. The Morgan fingerprint density at radius 3 is 2.82 bits per heavy atom. The second-order valence-corrected chi connectivity index (χ2v) is 8.27. The molecule has 3 aliphatic rings. The molecule has 6 atom stereocenters. The van der Waals surface area contributed by atoms with Gasteiger partial charge in [-0.05, 0) is 67.8 Å². The highest BCUT2D eigenvalue weighted by molar-refractivity contribution is 7.98. The lowest BCUT2D eigenvalue weighted by atomic mass is 9.79. The third-order valence-corrected chi connectivity index (χ3v) is 6.98. The molecule has 22 heavy (non-hydrogen) atoms. The molecular weight excluding hydrogens is 296 g/mol. The number of amides is 1. The number of hydroxylamine groups is 2. The van der Waals surface area contributed by atoms with E-state index in [9.17, 15) is 4.79 Å². The Bertz CT molecular complexity index is 406. The van der Waals surface area contributed by atoms with Crippen molar-refractivity contribution in [1.29, 1.82) is 0 Å². The van der Waals surface area contributed by atoms with Crippen molar-refractivity contribution in [2.75, 3.05) is 26.2 Å². The maximum absolute atomic E-state index is 12.5. The molecule has 0 radical (unpaired) electrons. The summed E-state index contributed by atoms with van der Waals surface area (Å²) in [5.41, 5.74) is 0. The van der Waals surface area contributed by atoms with Crippen LogP contribution in [0.2, 0.25) is 0 Å². The lowest BCUT2D eigenvalue weighted by Gasteiger charge is -2.35. The minimum absolute atomic E-state index is 0.0716. The average molecular weight is 327 g/mol. The number of nitrogens with zero attached hydrogens (tertiary/aromatic N) is 1. The first-order chi connectivity index (χ1) is 10.7. The Kier molecular flexibility index (Phi) is 5.35. The van der Waals surface area contributed by atoms with Gasteiger partial charge in [-0.1, -0.05) is 6.42 Å². The molecule has 0 aromatic carbocycles. The molecule has 5 heteroatoms. The van der Waals surface area contributed by atoms with Crippen LogP contribution in [-0.2, 0) is 9.63 Å². The minimum atomic E-state index is -0.0957. The van der Waals surface area contributed by atoms with Crippen LogP contribution in [0.3, 0.4) is 0 Å². The smallest absolute Gasteiger partial charge is 0.262 e. The van der Waals surface area contributed by atoms with E-state index in [1.807, 2.05) is 0 Å². The first kappa shape index (κ1) is 16.6.